The van der Waals surface area contributed by atoms with E-state index in [0.717, 1.165) is 0 Å². The van der Waals surface area contributed by atoms with Gasteiger partial charge in [-0.1, -0.05) is 0 Å². The van der Waals surface area contributed by atoms with E-state index in [2.05, 4.69) is 4.74 Å². The lowest BCUT2D eigenvalue weighted by Gasteiger charge is -2.00. The monoisotopic (exact) mass is 210 g/mol. The van der Waals surface area contributed by atoms with E-state index in [4.69, 9.17) is 19.3 Å². The predicted molar refractivity (Wildman–Crippen MR) is 53.5 cm³/mol. The van der Waals surface area contributed by atoms with Crippen molar-refractivity contribution >= 4 is 0 Å². The molecule has 5 heteroatoms. The molecular weight excluding hydrogens is 188 g/mol. The van der Waals surface area contributed by atoms with Gasteiger partial charge in [0.25, 0.3) is 0 Å². The Labute approximate surface area is 85.9 Å². The van der Waals surface area contributed by atoms with Gasteiger partial charge in [-0.25, -0.2) is 0 Å². The molecule has 0 fully saturated rings. The molecule has 0 aliphatic carbocycles. The van der Waals surface area contributed by atoms with Crippen LogP contribution < -0.4 is 0 Å². The average Bonchev–Trinajstić information content (AvgIpc) is 2.20. The smallest absolute Gasteiger partial charge is 0.0701 e. The van der Waals surface area contributed by atoms with Gasteiger partial charge in [-0.05, 0) is 0 Å². The van der Waals surface area contributed by atoms with Crippen LogP contribution in [-0.2, 0) is 18.9 Å². The standard InChI is InChI=1S/C6H14O3.C3H8O2/c1-7-3-5-9-6-4-8-2;1-5-3-2-4/h3-6H2,1-2H3;4H,2-3H2,1H3. The molecule has 0 aliphatic heterocycles. The maximum Gasteiger partial charge on any atom is 0.0701 e. The maximum absolute atomic E-state index is 7.94. The van der Waals surface area contributed by atoms with Gasteiger partial charge in [0.1, 0.15) is 0 Å². The quantitative estimate of drug-likeness (QED) is 0.568. The molecule has 0 bridgehead atoms. The van der Waals surface area contributed by atoms with E-state index in [0.29, 0.717) is 33.0 Å². The van der Waals surface area contributed by atoms with Gasteiger partial charge in [0.05, 0.1) is 39.6 Å². The minimum atomic E-state index is 0.122. The molecule has 0 saturated carbocycles. The van der Waals surface area contributed by atoms with Gasteiger partial charge in [-0.15, -0.1) is 0 Å². The van der Waals surface area contributed by atoms with Crippen molar-refractivity contribution in [2.24, 2.45) is 0 Å². The second kappa shape index (κ2) is 18.6. The molecule has 0 amide bonds. The average molecular weight is 210 g/mol. The number of rotatable bonds is 8. The minimum Gasteiger partial charge on any atom is -0.394 e. The summed E-state index contributed by atoms with van der Waals surface area (Å²) in [7, 11) is 4.86. The highest BCUT2D eigenvalue weighted by Gasteiger charge is 1.84. The normalized spacial score (nSPS) is 9.43. The Morgan fingerprint density at radius 3 is 1.36 bits per heavy atom. The molecule has 5 nitrogen and oxygen atoms in total. The van der Waals surface area contributed by atoms with E-state index >= 15 is 0 Å². The molecule has 0 spiro atoms. The Morgan fingerprint density at radius 2 is 1.14 bits per heavy atom. The molecule has 0 aliphatic rings. The lowest BCUT2D eigenvalue weighted by molar-refractivity contribution is 0.0385. The number of hydrogen-bond acceptors (Lipinski definition) is 5. The van der Waals surface area contributed by atoms with Crippen LogP contribution in [0, 0.1) is 0 Å². The number of hydrogen-bond donors (Lipinski definition) is 1. The van der Waals surface area contributed by atoms with Crippen LogP contribution in [0.2, 0.25) is 0 Å². The van der Waals surface area contributed by atoms with E-state index in [9.17, 15) is 0 Å². The largest absolute Gasteiger partial charge is 0.394 e. The van der Waals surface area contributed by atoms with Crippen LogP contribution in [0.1, 0.15) is 0 Å². The minimum absolute atomic E-state index is 0.122. The Kier molecular flexibility index (Phi) is 21.5. The molecule has 0 aromatic rings. The lowest BCUT2D eigenvalue weighted by atomic mass is 10.7. The van der Waals surface area contributed by atoms with Crippen LogP contribution in [0.15, 0.2) is 0 Å². The summed E-state index contributed by atoms with van der Waals surface area (Å²) in [6.07, 6.45) is 0. The molecule has 0 aromatic heterocycles. The summed E-state index contributed by atoms with van der Waals surface area (Å²) in [6.45, 7) is 3.18. The van der Waals surface area contributed by atoms with Gasteiger partial charge in [-0.3, -0.25) is 0 Å². The van der Waals surface area contributed by atoms with Crippen molar-refractivity contribution in [3.63, 3.8) is 0 Å². The third-order valence-electron chi connectivity index (χ3n) is 1.16. The Hall–Kier alpha value is -0.200. The van der Waals surface area contributed by atoms with Gasteiger partial charge < -0.3 is 24.1 Å². The first-order chi connectivity index (χ1) is 6.83. The van der Waals surface area contributed by atoms with Crippen LogP contribution in [-0.4, -0.2) is 66.1 Å². The Bertz CT molecular complexity index is 71.6. The fourth-order valence-electron chi connectivity index (χ4n) is 0.478. The molecule has 0 saturated heterocycles. The molecule has 0 heterocycles. The van der Waals surface area contributed by atoms with Crippen LogP contribution >= 0.6 is 0 Å². The maximum atomic E-state index is 7.94. The van der Waals surface area contributed by atoms with Gasteiger partial charge in [0.15, 0.2) is 0 Å². The third kappa shape index (κ3) is 22.6. The second-order valence-electron chi connectivity index (χ2n) is 2.31. The highest BCUT2D eigenvalue weighted by Crippen LogP contribution is 1.75. The number of aliphatic hydroxyl groups is 1. The fourth-order valence-corrected chi connectivity index (χ4v) is 0.478. The number of ether oxygens (including phenoxy) is 4. The molecule has 14 heavy (non-hydrogen) atoms. The van der Waals surface area contributed by atoms with Gasteiger partial charge in [0, 0.05) is 21.3 Å². The van der Waals surface area contributed by atoms with E-state index in [1.165, 1.54) is 0 Å². The summed E-state index contributed by atoms with van der Waals surface area (Å²) >= 11 is 0. The topological polar surface area (TPSA) is 57.2 Å². The van der Waals surface area contributed by atoms with Crippen molar-refractivity contribution in [2.75, 3.05) is 61.0 Å². The highest BCUT2D eigenvalue weighted by atomic mass is 16.5. The predicted octanol–water partition coefficient (Wildman–Crippen LogP) is -0.0791. The highest BCUT2D eigenvalue weighted by molar-refractivity contribution is 4.28. The summed E-state index contributed by atoms with van der Waals surface area (Å²) < 4.78 is 19.0. The fraction of sp³-hybridized carbons (Fsp3) is 1.00. The molecule has 0 unspecified atom stereocenters. The van der Waals surface area contributed by atoms with Crippen molar-refractivity contribution < 1.29 is 24.1 Å². The molecule has 0 atom stereocenters. The van der Waals surface area contributed by atoms with E-state index in [1.54, 1.807) is 21.3 Å². The van der Waals surface area contributed by atoms with E-state index in [1.807, 2.05) is 0 Å². The second-order valence-corrected chi connectivity index (χ2v) is 2.31. The first-order valence-corrected chi connectivity index (χ1v) is 4.48. The van der Waals surface area contributed by atoms with Crippen molar-refractivity contribution in [3.05, 3.63) is 0 Å². The Balaban J connectivity index is 0. The van der Waals surface area contributed by atoms with Gasteiger partial charge in [-0.2, -0.15) is 0 Å². The first-order valence-electron chi connectivity index (χ1n) is 4.48. The van der Waals surface area contributed by atoms with Crippen LogP contribution in [0.4, 0.5) is 0 Å². The van der Waals surface area contributed by atoms with E-state index < -0.39 is 0 Å². The van der Waals surface area contributed by atoms with Crippen LogP contribution in [0.3, 0.4) is 0 Å². The van der Waals surface area contributed by atoms with Crippen molar-refractivity contribution in [2.45, 2.75) is 0 Å². The van der Waals surface area contributed by atoms with Crippen molar-refractivity contribution in [3.8, 4) is 0 Å². The zero-order chi connectivity index (χ0) is 11.1. The van der Waals surface area contributed by atoms with Crippen LogP contribution in [0.5, 0.6) is 0 Å². The molecule has 0 aromatic carbocycles. The first kappa shape index (κ1) is 16.2. The summed E-state index contributed by atoms with van der Waals surface area (Å²) in [5.41, 5.74) is 0. The van der Waals surface area contributed by atoms with Crippen molar-refractivity contribution in [1.82, 2.24) is 0 Å². The van der Waals surface area contributed by atoms with Gasteiger partial charge in [0.2, 0.25) is 0 Å². The summed E-state index contributed by atoms with van der Waals surface area (Å²) in [5, 5.41) is 7.94. The molecule has 0 rings (SSSR count). The van der Waals surface area contributed by atoms with E-state index in [-0.39, 0.29) is 6.61 Å². The molecular formula is C9H22O5. The Morgan fingerprint density at radius 1 is 0.714 bits per heavy atom. The molecule has 0 radical (unpaired) electrons. The van der Waals surface area contributed by atoms with Gasteiger partial charge >= 0.3 is 0 Å². The van der Waals surface area contributed by atoms with Crippen LogP contribution in [0.25, 0.3) is 0 Å². The molecule has 1 N–H and O–H groups in total. The summed E-state index contributed by atoms with van der Waals surface area (Å²) in [6, 6.07) is 0. The third-order valence-corrected chi connectivity index (χ3v) is 1.16. The zero-order valence-electron chi connectivity index (χ0n) is 9.32. The van der Waals surface area contributed by atoms with Crippen molar-refractivity contribution in [1.29, 1.82) is 0 Å². The number of aliphatic hydroxyl groups excluding tert-OH is 1. The SMILES string of the molecule is COCCO.COCCOCCOC. The number of methoxy groups -OCH3 is 3. The summed E-state index contributed by atoms with van der Waals surface area (Å²) in [4.78, 5) is 0. The lowest BCUT2D eigenvalue weighted by Crippen LogP contribution is -2.06. The summed E-state index contributed by atoms with van der Waals surface area (Å²) in [5.74, 6) is 0. The zero-order valence-corrected chi connectivity index (χ0v) is 9.32. The molecule has 88 valence electrons.